The number of nitrogens with one attached hydrogen (secondary N) is 1. The minimum Gasteiger partial charge on any atom is -0.497 e. The Morgan fingerprint density at radius 2 is 1.74 bits per heavy atom. The van der Waals surface area contributed by atoms with E-state index in [-0.39, 0.29) is 11.6 Å². The Morgan fingerprint density at radius 1 is 1.00 bits per heavy atom. The molecule has 0 aliphatic heterocycles. The third-order valence-electron chi connectivity index (χ3n) is 3.28. The van der Waals surface area contributed by atoms with Crippen molar-refractivity contribution in [3.63, 3.8) is 0 Å². The Hall–Kier alpha value is -3.21. The number of ether oxygens (including phenoxy) is 1. The van der Waals surface area contributed by atoms with Crippen LogP contribution in [0.15, 0.2) is 67.0 Å². The standard InChI is InChI=1S/C18H15N3O2/c1-23-15-9-7-14(8-10-15)20-18(22)17-12-19-11-16(21-17)13-5-3-2-4-6-13/h2-12H,1H3,(H,20,22). The summed E-state index contributed by atoms with van der Waals surface area (Å²) in [6.45, 7) is 0. The van der Waals surface area contributed by atoms with Crippen molar-refractivity contribution < 1.29 is 9.53 Å². The Labute approximate surface area is 134 Å². The molecule has 0 bridgehead atoms. The predicted octanol–water partition coefficient (Wildman–Crippen LogP) is 3.40. The average molecular weight is 305 g/mol. The predicted molar refractivity (Wildman–Crippen MR) is 88.4 cm³/mol. The summed E-state index contributed by atoms with van der Waals surface area (Å²) in [7, 11) is 1.60. The number of rotatable bonds is 4. The van der Waals surface area contributed by atoms with Crippen LogP contribution in [0.3, 0.4) is 0 Å². The fourth-order valence-corrected chi connectivity index (χ4v) is 2.09. The minimum absolute atomic E-state index is 0.266. The number of benzene rings is 2. The molecule has 1 amide bonds. The van der Waals surface area contributed by atoms with Crippen LogP contribution in [0.5, 0.6) is 5.75 Å². The SMILES string of the molecule is COc1ccc(NC(=O)c2cncc(-c3ccccc3)n2)cc1. The molecule has 114 valence electrons. The van der Waals surface area contributed by atoms with Gasteiger partial charge in [0.1, 0.15) is 11.4 Å². The molecule has 0 aliphatic rings. The molecular formula is C18H15N3O2. The van der Waals surface area contributed by atoms with Crippen LogP contribution in [-0.2, 0) is 0 Å². The summed E-state index contributed by atoms with van der Waals surface area (Å²) in [5, 5.41) is 2.79. The number of methoxy groups -OCH3 is 1. The van der Waals surface area contributed by atoms with Crippen molar-refractivity contribution in [2.45, 2.75) is 0 Å². The smallest absolute Gasteiger partial charge is 0.275 e. The van der Waals surface area contributed by atoms with Crippen LogP contribution >= 0.6 is 0 Å². The van der Waals surface area contributed by atoms with E-state index in [1.54, 1.807) is 37.6 Å². The molecule has 0 saturated carbocycles. The van der Waals surface area contributed by atoms with Gasteiger partial charge in [0.15, 0.2) is 0 Å². The highest BCUT2D eigenvalue weighted by molar-refractivity contribution is 6.02. The summed E-state index contributed by atoms with van der Waals surface area (Å²) in [6.07, 6.45) is 3.09. The second-order valence-corrected chi connectivity index (χ2v) is 4.84. The lowest BCUT2D eigenvalue weighted by Crippen LogP contribution is -2.14. The summed E-state index contributed by atoms with van der Waals surface area (Å²) < 4.78 is 5.09. The van der Waals surface area contributed by atoms with E-state index in [2.05, 4.69) is 15.3 Å². The Morgan fingerprint density at radius 3 is 2.43 bits per heavy atom. The van der Waals surface area contributed by atoms with Crippen LogP contribution in [0.1, 0.15) is 10.5 Å². The topological polar surface area (TPSA) is 64.1 Å². The van der Waals surface area contributed by atoms with Crippen LogP contribution in [0, 0.1) is 0 Å². The van der Waals surface area contributed by atoms with Crippen molar-refractivity contribution in [2.75, 3.05) is 12.4 Å². The normalized spacial score (nSPS) is 10.1. The van der Waals surface area contributed by atoms with Crippen molar-refractivity contribution in [3.05, 3.63) is 72.7 Å². The van der Waals surface area contributed by atoms with Crippen LogP contribution in [0.4, 0.5) is 5.69 Å². The number of aromatic nitrogens is 2. The maximum atomic E-state index is 12.3. The maximum Gasteiger partial charge on any atom is 0.275 e. The van der Waals surface area contributed by atoms with Crippen LogP contribution in [0.2, 0.25) is 0 Å². The first-order valence-electron chi connectivity index (χ1n) is 7.09. The zero-order chi connectivity index (χ0) is 16.1. The molecule has 1 aromatic heterocycles. The molecular weight excluding hydrogens is 290 g/mol. The van der Waals surface area contributed by atoms with Gasteiger partial charge in [-0.15, -0.1) is 0 Å². The first-order chi connectivity index (χ1) is 11.3. The molecule has 3 rings (SSSR count). The van der Waals surface area contributed by atoms with Gasteiger partial charge in [0.2, 0.25) is 0 Å². The molecule has 0 spiro atoms. The molecule has 0 unspecified atom stereocenters. The zero-order valence-corrected chi connectivity index (χ0v) is 12.6. The van der Waals surface area contributed by atoms with Gasteiger partial charge >= 0.3 is 0 Å². The number of anilines is 1. The molecule has 0 radical (unpaired) electrons. The van der Waals surface area contributed by atoms with E-state index in [0.29, 0.717) is 11.4 Å². The highest BCUT2D eigenvalue weighted by Gasteiger charge is 2.10. The molecule has 3 aromatic rings. The van der Waals surface area contributed by atoms with Gasteiger partial charge in [-0.1, -0.05) is 30.3 Å². The van der Waals surface area contributed by atoms with E-state index >= 15 is 0 Å². The first-order valence-corrected chi connectivity index (χ1v) is 7.09. The molecule has 0 fully saturated rings. The second kappa shape index (κ2) is 6.70. The fraction of sp³-hybridized carbons (Fsp3) is 0.0556. The quantitative estimate of drug-likeness (QED) is 0.802. The first kappa shape index (κ1) is 14.7. The molecule has 1 N–H and O–H groups in total. The Kier molecular flexibility index (Phi) is 4.29. The third kappa shape index (κ3) is 3.52. The van der Waals surface area contributed by atoms with E-state index in [0.717, 1.165) is 11.3 Å². The minimum atomic E-state index is -0.305. The number of hydrogen-bond acceptors (Lipinski definition) is 4. The second-order valence-electron chi connectivity index (χ2n) is 4.84. The third-order valence-corrected chi connectivity index (χ3v) is 3.28. The van der Waals surface area contributed by atoms with Gasteiger partial charge in [0.05, 0.1) is 25.2 Å². The van der Waals surface area contributed by atoms with Gasteiger partial charge < -0.3 is 10.1 Å². The molecule has 1 heterocycles. The van der Waals surface area contributed by atoms with Crippen molar-refractivity contribution in [2.24, 2.45) is 0 Å². The van der Waals surface area contributed by atoms with Crippen molar-refractivity contribution >= 4 is 11.6 Å². The summed E-state index contributed by atoms with van der Waals surface area (Å²) in [5.74, 6) is 0.425. The molecule has 0 saturated heterocycles. The van der Waals surface area contributed by atoms with Gasteiger partial charge in [-0.25, -0.2) is 4.98 Å². The van der Waals surface area contributed by atoms with Crippen molar-refractivity contribution in [1.82, 2.24) is 9.97 Å². The summed E-state index contributed by atoms with van der Waals surface area (Å²) in [4.78, 5) is 20.8. The van der Waals surface area contributed by atoms with Gasteiger partial charge in [-0.05, 0) is 24.3 Å². The number of hydrogen-bond donors (Lipinski definition) is 1. The Bertz CT molecular complexity index is 802. The van der Waals surface area contributed by atoms with Gasteiger partial charge in [-0.2, -0.15) is 0 Å². The lowest BCUT2D eigenvalue weighted by molar-refractivity contribution is 0.102. The molecule has 2 aromatic carbocycles. The van der Waals surface area contributed by atoms with E-state index in [1.807, 2.05) is 30.3 Å². The Balaban J connectivity index is 1.79. The van der Waals surface area contributed by atoms with Crippen LogP contribution < -0.4 is 10.1 Å². The number of nitrogens with zero attached hydrogens (tertiary/aromatic N) is 2. The van der Waals surface area contributed by atoms with Crippen molar-refractivity contribution in [1.29, 1.82) is 0 Å². The monoisotopic (exact) mass is 305 g/mol. The lowest BCUT2D eigenvalue weighted by atomic mass is 10.1. The van der Waals surface area contributed by atoms with Gasteiger partial charge in [0, 0.05) is 11.3 Å². The van der Waals surface area contributed by atoms with Crippen molar-refractivity contribution in [3.8, 4) is 17.0 Å². The lowest BCUT2D eigenvalue weighted by Gasteiger charge is -2.07. The highest BCUT2D eigenvalue weighted by atomic mass is 16.5. The number of carbonyl (C=O) groups excluding carboxylic acids is 1. The van der Waals surface area contributed by atoms with Crippen LogP contribution in [0.25, 0.3) is 11.3 Å². The van der Waals surface area contributed by atoms with E-state index in [9.17, 15) is 4.79 Å². The summed E-state index contributed by atoms with van der Waals surface area (Å²) >= 11 is 0. The number of carbonyl (C=O) groups is 1. The molecule has 5 nitrogen and oxygen atoms in total. The van der Waals surface area contributed by atoms with E-state index < -0.39 is 0 Å². The van der Waals surface area contributed by atoms with E-state index in [1.165, 1.54) is 6.20 Å². The summed E-state index contributed by atoms with van der Waals surface area (Å²) in [6, 6.07) is 16.7. The van der Waals surface area contributed by atoms with Crippen LogP contribution in [-0.4, -0.2) is 23.0 Å². The molecule has 23 heavy (non-hydrogen) atoms. The zero-order valence-electron chi connectivity index (χ0n) is 12.6. The largest absolute Gasteiger partial charge is 0.497 e. The fourth-order valence-electron chi connectivity index (χ4n) is 2.09. The number of amides is 1. The molecule has 0 atom stereocenters. The van der Waals surface area contributed by atoms with Gasteiger partial charge in [0.25, 0.3) is 5.91 Å². The van der Waals surface area contributed by atoms with Gasteiger partial charge in [-0.3, -0.25) is 9.78 Å². The maximum absolute atomic E-state index is 12.3. The molecule has 5 heteroatoms. The van der Waals surface area contributed by atoms with E-state index in [4.69, 9.17) is 4.74 Å². The highest BCUT2D eigenvalue weighted by Crippen LogP contribution is 2.17. The molecule has 0 aliphatic carbocycles. The average Bonchev–Trinajstić information content (AvgIpc) is 2.63. The summed E-state index contributed by atoms with van der Waals surface area (Å²) in [5.41, 5.74) is 2.51.